The van der Waals surface area contributed by atoms with Gasteiger partial charge in [0.25, 0.3) is 0 Å². The molecular weight excluding hydrogens is 275 g/mol. The third-order valence-corrected chi connectivity index (χ3v) is 4.88. The minimum absolute atomic E-state index is 0.105. The van der Waals surface area contributed by atoms with Gasteiger partial charge in [-0.1, -0.05) is 48.0 Å². The molecule has 0 bridgehead atoms. The molecule has 0 nitrogen and oxygen atoms in total. The maximum Gasteiger partial charge on any atom is 0.0622 e. The minimum atomic E-state index is 0.105. The van der Waals surface area contributed by atoms with Crippen LogP contribution in [0.15, 0.2) is 42.5 Å². The average Bonchev–Trinajstić information content (AvgIpc) is 2.70. The van der Waals surface area contributed by atoms with Crippen molar-refractivity contribution in [3.05, 3.63) is 69.7 Å². The minimum Gasteiger partial charge on any atom is -0.117 e. The summed E-state index contributed by atoms with van der Waals surface area (Å²) < 4.78 is 0. The second kappa shape index (κ2) is 5.19. The van der Waals surface area contributed by atoms with Crippen LogP contribution in [0.3, 0.4) is 0 Å². The topological polar surface area (TPSA) is 0 Å². The summed E-state index contributed by atoms with van der Waals surface area (Å²) in [6.07, 6.45) is 2.00. The van der Waals surface area contributed by atoms with Gasteiger partial charge in [-0.05, 0) is 54.0 Å². The van der Waals surface area contributed by atoms with Crippen LogP contribution in [0, 0.1) is 12.8 Å². The van der Waals surface area contributed by atoms with E-state index in [1.165, 1.54) is 22.3 Å². The van der Waals surface area contributed by atoms with E-state index in [0.29, 0.717) is 5.92 Å². The third-order valence-electron chi connectivity index (χ3n) is 3.94. The zero-order valence-corrected chi connectivity index (χ0v) is 12.4. The van der Waals surface area contributed by atoms with Gasteiger partial charge < -0.3 is 0 Å². The number of halogens is 2. The number of hydrogen-bond acceptors (Lipinski definition) is 0. The highest BCUT2D eigenvalue weighted by atomic mass is 35.5. The molecular formula is C17H16Cl2. The first kappa shape index (κ1) is 13.0. The smallest absolute Gasteiger partial charge is 0.0622 e. The summed E-state index contributed by atoms with van der Waals surface area (Å²) in [5, 5.41) is 0.966. The van der Waals surface area contributed by atoms with E-state index >= 15 is 0 Å². The average molecular weight is 291 g/mol. The van der Waals surface area contributed by atoms with Gasteiger partial charge >= 0.3 is 0 Å². The molecule has 3 rings (SSSR count). The molecule has 0 N–H and O–H groups in total. The highest BCUT2D eigenvalue weighted by molar-refractivity contribution is 6.31. The van der Waals surface area contributed by atoms with Crippen LogP contribution in [0.4, 0.5) is 0 Å². The lowest BCUT2D eigenvalue weighted by molar-refractivity contribution is 0.543. The fraction of sp³-hybridized carbons (Fsp3) is 0.294. The van der Waals surface area contributed by atoms with Crippen LogP contribution in [0.5, 0.6) is 0 Å². The van der Waals surface area contributed by atoms with Crippen molar-refractivity contribution in [2.45, 2.75) is 25.1 Å². The van der Waals surface area contributed by atoms with Crippen molar-refractivity contribution in [2.75, 3.05) is 0 Å². The van der Waals surface area contributed by atoms with Crippen LogP contribution in [0.1, 0.15) is 27.6 Å². The predicted molar refractivity (Wildman–Crippen MR) is 82.1 cm³/mol. The Hall–Kier alpha value is -0.980. The Bertz CT molecular complexity index is 604. The van der Waals surface area contributed by atoms with Gasteiger partial charge in [-0.2, -0.15) is 0 Å². The fourth-order valence-electron chi connectivity index (χ4n) is 2.90. The second-order valence-electron chi connectivity index (χ2n) is 5.36. The monoisotopic (exact) mass is 290 g/mol. The van der Waals surface area contributed by atoms with Gasteiger partial charge in [0.05, 0.1) is 5.38 Å². The van der Waals surface area contributed by atoms with Crippen LogP contribution in [0.2, 0.25) is 5.02 Å². The van der Waals surface area contributed by atoms with E-state index in [2.05, 4.69) is 43.3 Å². The first-order valence-corrected chi connectivity index (χ1v) is 7.43. The molecule has 0 saturated carbocycles. The lowest BCUT2D eigenvalue weighted by atomic mass is 9.95. The molecule has 0 saturated heterocycles. The zero-order chi connectivity index (χ0) is 13.4. The summed E-state index contributed by atoms with van der Waals surface area (Å²) in [6.45, 7) is 2.06. The van der Waals surface area contributed by atoms with Crippen LogP contribution >= 0.6 is 23.2 Å². The molecule has 1 aliphatic rings. The summed E-state index contributed by atoms with van der Waals surface area (Å²) in [5.74, 6) is 0.444. The normalized spacial score (nSPS) is 21.4. The SMILES string of the molecule is Cc1ccc(CC2Cc3ccccc3C2Cl)c(Cl)c1. The summed E-state index contributed by atoms with van der Waals surface area (Å²) in [5.41, 5.74) is 5.08. The molecule has 0 radical (unpaired) electrons. The van der Waals surface area contributed by atoms with Crippen LogP contribution in [-0.4, -0.2) is 0 Å². The van der Waals surface area contributed by atoms with Crippen molar-refractivity contribution >= 4 is 23.2 Å². The molecule has 19 heavy (non-hydrogen) atoms. The lowest BCUT2D eigenvalue weighted by Gasteiger charge is -2.15. The maximum absolute atomic E-state index is 6.60. The van der Waals surface area contributed by atoms with E-state index in [0.717, 1.165) is 17.9 Å². The molecule has 2 atom stereocenters. The number of alkyl halides is 1. The Kier molecular flexibility index (Phi) is 3.56. The molecule has 0 fully saturated rings. The van der Waals surface area contributed by atoms with E-state index in [1.807, 2.05) is 6.07 Å². The number of aryl methyl sites for hydroxylation is 1. The van der Waals surface area contributed by atoms with Gasteiger partial charge in [0.2, 0.25) is 0 Å². The van der Waals surface area contributed by atoms with Crippen LogP contribution in [0.25, 0.3) is 0 Å². The van der Waals surface area contributed by atoms with Crippen molar-refractivity contribution in [2.24, 2.45) is 5.92 Å². The molecule has 2 aromatic rings. The summed E-state index contributed by atoms with van der Waals surface area (Å²) in [6, 6.07) is 14.8. The number of benzene rings is 2. The van der Waals surface area contributed by atoms with E-state index in [1.54, 1.807) is 0 Å². The summed E-state index contributed by atoms with van der Waals surface area (Å²) >= 11 is 12.9. The molecule has 0 heterocycles. The standard InChI is InChI=1S/C17H16Cl2/c1-11-6-7-13(16(18)8-11)10-14-9-12-4-2-3-5-15(12)17(14)19/h2-8,14,17H,9-10H2,1H3. The fourth-order valence-corrected chi connectivity index (χ4v) is 3.61. The molecule has 2 heteroatoms. The lowest BCUT2D eigenvalue weighted by Crippen LogP contribution is -2.07. The molecule has 0 aromatic heterocycles. The number of rotatable bonds is 2. The van der Waals surface area contributed by atoms with Crippen molar-refractivity contribution in [1.29, 1.82) is 0 Å². The Labute approximate surface area is 124 Å². The molecule has 2 unspecified atom stereocenters. The molecule has 1 aliphatic carbocycles. The molecule has 0 aliphatic heterocycles. The first-order chi connectivity index (χ1) is 9.15. The van der Waals surface area contributed by atoms with Crippen molar-refractivity contribution in [1.82, 2.24) is 0 Å². The molecule has 2 aromatic carbocycles. The van der Waals surface area contributed by atoms with Gasteiger partial charge in [0, 0.05) is 5.02 Å². The maximum atomic E-state index is 6.60. The van der Waals surface area contributed by atoms with Gasteiger partial charge in [0.1, 0.15) is 0 Å². The van der Waals surface area contributed by atoms with E-state index in [-0.39, 0.29) is 5.38 Å². The van der Waals surface area contributed by atoms with Gasteiger partial charge in [-0.3, -0.25) is 0 Å². The Morgan fingerprint density at radius 2 is 1.95 bits per heavy atom. The summed E-state index contributed by atoms with van der Waals surface area (Å²) in [7, 11) is 0. The largest absolute Gasteiger partial charge is 0.117 e. The molecule has 0 spiro atoms. The third kappa shape index (κ3) is 2.52. The number of fused-ring (bicyclic) bond motifs is 1. The first-order valence-electron chi connectivity index (χ1n) is 6.62. The second-order valence-corrected chi connectivity index (χ2v) is 6.24. The van der Waals surface area contributed by atoms with Gasteiger partial charge in [-0.25, -0.2) is 0 Å². The highest BCUT2D eigenvalue weighted by Crippen LogP contribution is 2.42. The van der Waals surface area contributed by atoms with Gasteiger partial charge in [-0.15, -0.1) is 11.6 Å². The Balaban J connectivity index is 1.83. The Morgan fingerprint density at radius 3 is 2.68 bits per heavy atom. The highest BCUT2D eigenvalue weighted by Gasteiger charge is 2.30. The quantitative estimate of drug-likeness (QED) is 0.655. The molecule has 0 amide bonds. The van der Waals surface area contributed by atoms with Crippen LogP contribution < -0.4 is 0 Å². The van der Waals surface area contributed by atoms with Crippen LogP contribution in [-0.2, 0) is 12.8 Å². The van der Waals surface area contributed by atoms with Crippen molar-refractivity contribution in [3.8, 4) is 0 Å². The predicted octanol–water partition coefficient (Wildman–Crippen LogP) is 5.34. The van der Waals surface area contributed by atoms with Crippen molar-refractivity contribution < 1.29 is 0 Å². The van der Waals surface area contributed by atoms with Crippen molar-refractivity contribution in [3.63, 3.8) is 0 Å². The Morgan fingerprint density at radius 1 is 1.16 bits per heavy atom. The summed E-state index contributed by atoms with van der Waals surface area (Å²) in [4.78, 5) is 0. The number of hydrogen-bond donors (Lipinski definition) is 0. The van der Waals surface area contributed by atoms with E-state index in [9.17, 15) is 0 Å². The zero-order valence-electron chi connectivity index (χ0n) is 10.9. The van der Waals surface area contributed by atoms with E-state index < -0.39 is 0 Å². The van der Waals surface area contributed by atoms with Gasteiger partial charge in [0.15, 0.2) is 0 Å². The molecule has 98 valence electrons. The van der Waals surface area contributed by atoms with E-state index in [4.69, 9.17) is 23.2 Å².